The number of nitrogens with zero attached hydrogens (tertiary/aromatic N) is 1. The molecule has 3 rings (SSSR count). The lowest BCUT2D eigenvalue weighted by atomic mass is 9.98. The van der Waals surface area contributed by atoms with E-state index in [4.69, 9.17) is 0 Å². The maximum Gasteiger partial charge on any atom is 0.0122 e. The van der Waals surface area contributed by atoms with Crippen molar-refractivity contribution in [2.24, 2.45) is 0 Å². The van der Waals surface area contributed by atoms with Gasteiger partial charge in [0.05, 0.1) is 0 Å². The molecule has 18 heavy (non-hydrogen) atoms. The summed E-state index contributed by atoms with van der Waals surface area (Å²) < 4.78 is 0. The number of fused-ring (bicyclic) bond motifs is 2. The molecule has 0 aliphatic carbocycles. The summed E-state index contributed by atoms with van der Waals surface area (Å²) in [5.41, 5.74) is 1.46. The van der Waals surface area contributed by atoms with Crippen LogP contribution in [0.1, 0.15) is 31.2 Å². The van der Waals surface area contributed by atoms with Gasteiger partial charge < -0.3 is 10.2 Å². The van der Waals surface area contributed by atoms with Gasteiger partial charge in [0.2, 0.25) is 0 Å². The molecule has 2 unspecified atom stereocenters. The Hall–Kier alpha value is -0.860. The normalized spacial score (nSPS) is 30.9. The summed E-state index contributed by atoms with van der Waals surface area (Å²) in [6.07, 6.45) is 6.67. The molecule has 2 nitrogen and oxygen atoms in total. The van der Waals surface area contributed by atoms with E-state index in [1.807, 2.05) is 0 Å². The second-order valence-corrected chi connectivity index (χ2v) is 5.98. The maximum atomic E-state index is 3.72. The van der Waals surface area contributed by atoms with Gasteiger partial charge in [-0.05, 0) is 44.7 Å². The quantitative estimate of drug-likeness (QED) is 0.875. The highest BCUT2D eigenvalue weighted by Gasteiger charge is 2.34. The van der Waals surface area contributed by atoms with E-state index in [1.54, 1.807) is 0 Å². The van der Waals surface area contributed by atoms with Crippen LogP contribution in [0, 0.1) is 0 Å². The Morgan fingerprint density at radius 2 is 1.78 bits per heavy atom. The summed E-state index contributed by atoms with van der Waals surface area (Å²) in [7, 11) is 2.30. The molecule has 1 aromatic carbocycles. The Morgan fingerprint density at radius 1 is 1.11 bits per heavy atom. The van der Waals surface area contributed by atoms with Gasteiger partial charge in [0, 0.05) is 24.7 Å². The monoisotopic (exact) mass is 244 g/mol. The number of piperidine rings is 1. The fourth-order valence-corrected chi connectivity index (χ4v) is 3.52. The summed E-state index contributed by atoms with van der Waals surface area (Å²) in [5, 5.41) is 3.72. The minimum absolute atomic E-state index is 0.799. The number of hydrogen-bond acceptors (Lipinski definition) is 2. The van der Waals surface area contributed by atoms with Crippen molar-refractivity contribution in [3.8, 4) is 0 Å². The van der Waals surface area contributed by atoms with Crippen LogP contribution >= 0.6 is 0 Å². The van der Waals surface area contributed by atoms with Crippen LogP contribution in [0.2, 0.25) is 0 Å². The van der Waals surface area contributed by atoms with Crippen molar-refractivity contribution >= 4 is 0 Å². The van der Waals surface area contributed by atoms with Crippen molar-refractivity contribution < 1.29 is 0 Å². The average Bonchev–Trinajstić information content (AvgIpc) is 2.76. The van der Waals surface area contributed by atoms with Crippen molar-refractivity contribution in [1.29, 1.82) is 0 Å². The maximum absolute atomic E-state index is 3.72. The molecule has 2 aliphatic rings. The molecule has 1 aromatic rings. The van der Waals surface area contributed by atoms with Crippen LogP contribution in [-0.4, -0.2) is 36.6 Å². The Bertz CT molecular complexity index is 364. The summed E-state index contributed by atoms with van der Waals surface area (Å²) in [6.45, 7) is 1.19. The minimum atomic E-state index is 0.799. The van der Waals surface area contributed by atoms with Gasteiger partial charge in [-0.25, -0.2) is 0 Å². The van der Waals surface area contributed by atoms with Gasteiger partial charge in [-0.2, -0.15) is 0 Å². The largest absolute Gasteiger partial charge is 0.311 e. The number of nitrogens with one attached hydrogen (secondary N) is 1. The van der Waals surface area contributed by atoms with E-state index in [2.05, 4.69) is 47.6 Å². The molecule has 2 heteroatoms. The molecule has 0 amide bonds. The molecule has 2 saturated heterocycles. The Balaban J connectivity index is 1.51. The third-order valence-electron chi connectivity index (χ3n) is 4.67. The standard InChI is InChI=1S/C16H24N2/c1-18(10-9-13-5-3-2-4-6-13)16-11-14-7-8-15(12-16)17-14/h2-6,14-17H,7-12H2,1H3. The number of benzene rings is 1. The van der Waals surface area contributed by atoms with Crippen molar-refractivity contribution in [3.63, 3.8) is 0 Å². The molecule has 0 saturated carbocycles. The summed E-state index contributed by atoms with van der Waals surface area (Å²) >= 11 is 0. The van der Waals surface area contributed by atoms with Gasteiger partial charge in [-0.3, -0.25) is 0 Å². The second-order valence-electron chi connectivity index (χ2n) is 5.98. The molecule has 2 bridgehead atoms. The third kappa shape index (κ3) is 2.76. The van der Waals surface area contributed by atoms with Gasteiger partial charge in [0.15, 0.2) is 0 Å². The van der Waals surface area contributed by atoms with Crippen LogP contribution < -0.4 is 5.32 Å². The smallest absolute Gasteiger partial charge is 0.0122 e. The summed E-state index contributed by atoms with van der Waals surface area (Å²) in [5.74, 6) is 0. The summed E-state index contributed by atoms with van der Waals surface area (Å²) in [4.78, 5) is 2.58. The minimum Gasteiger partial charge on any atom is -0.311 e. The molecule has 2 atom stereocenters. The highest BCUT2D eigenvalue weighted by atomic mass is 15.2. The molecular formula is C16H24N2. The topological polar surface area (TPSA) is 15.3 Å². The SMILES string of the molecule is CN(CCc1ccccc1)C1CC2CCC(C1)N2. The van der Waals surface area contributed by atoms with E-state index in [1.165, 1.54) is 44.2 Å². The first kappa shape index (κ1) is 12.2. The van der Waals surface area contributed by atoms with Gasteiger partial charge in [0.1, 0.15) is 0 Å². The fourth-order valence-electron chi connectivity index (χ4n) is 3.52. The molecule has 2 fully saturated rings. The van der Waals surface area contributed by atoms with Crippen LogP contribution in [0.15, 0.2) is 30.3 Å². The van der Waals surface area contributed by atoms with E-state index in [0.29, 0.717) is 0 Å². The summed E-state index contributed by atoms with van der Waals surface area (Å²) in [6, 6.07) is 13.2. The zero-order valence-electron chi connectivity index (χ0n) is 11.3. The molecule has 0 radical (unpaired) electrons. The van der Waals surface area contributed by atoms with Crippen LogP contribution in [0.3, 0.4) is 0 Å². The number of hydrogen-bond donors (Lipinski definition) is 1. The first-order valence-electron chi connectivity index (χ1n) is 7.31. The van der Waals surface area contributed by atoms with Gasteiger partial charge in [-0.1, -0.05) is 30.3 Å². The second kappa shape index (κ2) is 5.41. The Morgan fingerprint density at radius 3 is 2.44 bits per heavy atom. The Kier molecular flexibility index (Phi) is 3.67. The third-order valence-corrected chi connectivity index (χ3v) is 4.67. The molecule has 2 heterocycles. The van der Waals surface area contributed by atoms with E-state index >= 15 is 0 Å². The van der Waals surface area contributed by atoms with E-state index in [9.17, 15) is 0 Å². The molecule has 0 spiro atoms. The highest BCUT2D eigenvalue weighted by molar-refractivity contribution is 5.14. The van der Waals surface area contributed by atoms with Crippen LogP contribution in [0.4, 0.5) is 0 Å². The lowest BCUT2D eigenvalue weighted by Gasteiger charge is -2.35. The van der Waals surface area contributed by atoms with E-state index < -0.39 is 0 Å². The van der Waals surface area contributed by atoms with Gasteiger partial charge in [0.25, 0.3) is 0 Å². The first-order chi connectivity index (χ1) is 8.81. The van der Waals surface area contributed by atoms with Crippen LogP contribution in [0.25, 0.3) is 0 Å². The first-order valence-corrected chi connectivity index (χ1v) is 7.31. The van der Waals surface area contributed by atoms with Crippen molar-refractivity contribution in [2.75, 3.05) is 13.6 Å². The van der Waals surface area contributed by atoms with Gasteiger partial charge >= 0.3 is 0 Å². The predicted molar refractivity (Wildman–Crippen MR) is 75.7 cm³/mol. The highest BCUT2D eigenvalue weighted by Crippen LogP contribution is 2.29. The molecule has 2 aliphatic heterocycles. The lowest BCUT2D eigenvalue weighted by molar-refractivity contribution is 0.174. The molecule has 0 aromatic heterocycles. The van der Waals surface area contributed by atoms with E-state index in [0.717, 1.165) is 18.1 Å². The van der Waals surface area contributed by atoms with Crippen molar-refractivity contribution in [2.45, 2.75) is 50.2 Å². The molecular weight excluding hydrogens is 220 g/mol. The molecule has 98 valence electrons. The fraction of sp³-hybridized carbons (Fsp3) is 0.625. The zero-order valence-corrected chi connectivity index (χ0v) is 11.3. The number of rotatable bonds is 4. The predicted octanol–water partition coefficient (Wildman–Crippen LogP) is 2.44. The number of likely N-dealkylation sites (N-methyl/N-ethyl adjacent to an activating group) is 1. The van der Waals surface area contributed by atoms with Crippen molar-refractivity contribution in [1.82, 2.24) is 10.2 Å². The van der Waals surface area contributed by atoms with Crippen LogP contribution in [-0.2, 0) is 6.42 Å². The average molecular weight is 244 g/mol. The Labute approximate surface area is 110 Å². The zero-order chi connectivity index (χ0) is 12.4. The van der Waals surface area contributed by atoms with Crippen LogP contribution in [0.5, 0.6) is 0 Å². The van der Waals surface area contributed by atoms with Crippen molar-refractivity contribution in [3.05, 3.63) is 35.9 Å². The van der Waals surface area contributed by atoms with E-state index in [-0.39, 0.29) is 0 Å². The molecule has 1 N–H and O–H groups in total. The lowest BCUT2D eigenvalue weighted by Crippen LogP contribution is -2.47. The van der Waals surface area contributed by atoms with Gasteiger partial charge in [-0.15, -0.1) is 0 Å².